The van der Waals surface area contributed by atoms with Crippen molar-refractivity contribution in [3.8, 4) is 0 Å². The molecular formula is C14H19FN2O3. The smallest absolute Gasteiger partial charge is 0.222 e. The molecule has 2 amide bonds. The fraction of sp³-hybridized carbons (Fsp3) is 0.429. The summed E-state index contributed by atoms with van der Waals surface area (Å²) in [5.74, 6) is -1.55. The molecule has 0 aliphatic carbocycles. The molecule has 0 heterocycles. The minimum Gasteiger partial charge on any atom is -0.384 e. The molecular weight excluding hydrogens is 263 g/mol. The maximum Gasteiger partial charge on any atom is 0.222 e. The molecule has 0 bridgehead atoms. The lowest BCUT2D eigenvalue weighted by Crippen LogP contribution is -2.37. The Kier molecular flexibility index (Phi) is 6.66. The van der Waals surface area contributed by atoms with Crippen LogP contribution in [0.1, 0.15) is 12.0 Å². The third-order valence-electron chi connectivity index (χ3n) is 2.88. The number of amides is 2. The van der Waals surface area contributed by atoms with E-state index in [1.54, 1.807) is 12.1 Å². The summed E-state index contributed by atoms with van der Waals surface area (Å²) in [6, 6.07) is 5.84. The Morgan fingerprint density at radius 2 is 2.00 bits per heavy atom. The molecule has 6 heteroatoms. The van der Waals surface area contributed by atoms with E-state index in [2.05, 4.69) is 5.32 Å². The van der Waals surface area contributed by atoms with E-state index in [0.29, 0.717) is 13.0 Å². The van der Waals surface area contributed by atoms with E-state index in [0.717, 1.165) is 5.56 Å². The lowest BCUT2D eigenvalue weighted by atomic mass is 9.98. The Morgan fingerprint density at radius 1 is 1.35 bits per heavy atom. The first-order chi connectivity index (χ1) is 9.52. The van der Waals surface area contributed by atoms with Gasteiger partial charge in [0.1, 0.15) is 5.82 Å². The second-order valence-corrected chi connectivity index (χ2v) is 4.48. The minimum absolute atomic E-state index is 0.162. The monoisotopic (exact) mass is 282 g/mol. The third-order valence-corrected chi connectivity index (χ3v) is 2.88. The molecule has 5 nitrogen and oxygen atoms in total. The highest BCUT2D eigenvalue weighted by atomic mass is 19.1. The van der Waals surface area contributed by atoms with Crippen LogP contribution in [0.15, 0.2) is 24.3 Å². The van der Waals surface area contributed by atoms with E-state index in [-0.39, 0.29) is 24.7 Å². The summed E-state index contributed by atoms with van der Waals surface area (Å²) >= 11 is 0. The van der Waals surface area contributed by atoms with Gasteiger partial charge in [-0.3, -0.25) is 9.59 Å². The van der Waals surface area contributed by atoms with Crippen molar-refractivity contribution in [2.24, 2.45) is 11.7 Å². The van der Waals surface area contributed by atoms with Crippen LogP contribution in [0.2, 0.25) is 0 Å². The highest BCUT2D eigenvalue weighted by molar-refractivity contribution is 5.79. The van der Waals surface area contributed by atoms with Crippen molar-refractivity contribution >= 4 is 11.8 Å². The standard InChI is InChI=1S/C14H19FN2O3/c1-20-7-6-13(18)17-9-11(14(16)19)8-10-2-4-12(15)5-3-10/h2-5,11H,6-9H2,1H3,(H2,16,19)(H,17,18). The number of nitrogens with two attached hydrogens (primary N) is 1. The fourth-order valence-electron chi connectivity index (χ4n) is 1.70. The molecule has 0 saturated heterocycles. The summed E-state index contributed by atoms with van der Waals surface area (Å²) in [6.45, 7) is 0.486. The number of rotatable bonds is 8. The van der Waals surface area contributed by atoms with Crippen molar-refractivity contribution in [1.82, 2.24) is 5.32 Å². The number of methoxy groups -OCH3 is 1. The molecule has 1 aromatic rings. The summed E-state index contributed by atoms with van der Waals surface area (Å²) in [7, 11) is 1.51. The van der Waals surface area contributed by atoms with Crippen LogP contribution in [0.4, 0.5) is 4.39 Å². The van der Waals surface area contributed by atoms with Gasteiger partial charge in [-0.1, -0.05) is 12.1 Å². The maximum atomic E-state index is 12.8. The van der Waals surface area contributed by atoms with Crippen LogP contribution in [0, 0.1) is 11.7 Å². The molecule has 0 aliphatic heterocycles. The molecule has 1 rings (SSSR count). The molecule has 0 fully saturated rings. The maximum absolute atomic E-state index is 12.8. The van der Waals surface area contributed by atoms with Crippen molar-refractivity contribution in [2.75, 3.05) is 20.3 Å². The van der Waals surface area contributed by atoms with Crippen molar-refractivity contribution in [1.29, 1.82) is 0 Å². The fourth-order valence-corrected chi connectivity index (χ4v) is 1.70. The van der Waals surface area contributed by atoms with E-state index in [9.17, 15) is 14.0 Å². The van der Waals surface area contributed by atoms with E-state index in [1.807, 2.05) is 0 Å². The zero-order chi connectivity index (χ0) is 15.0. The Bertz CT molecular complexity index is 448. The molecule has 0 radical (unpaired) electrons. The lowest BCUT2D eigenvalue weighted by Gasteiger charge is -2.14. The van der Waals surface area contributed by atoms with Gasteiger partial charge in [0.2, 0.25) is 11.8 Å². The average molecular weight is 282 g/mol. The number of carbonyl (C=O) groups excluding carboxylic acids is 2. The lowest BCUT2D eigenvalue weighted by molar-refractivity contribution is -0.123. The molecule has 20 heavy (non-hydrogen) atoms. The van der Waals surface area contributed by atoms with Crippen LogP contribution in [-0.4, -0.2) is 32.1 Å². The zero-order valence-electron chi connectivity index (χ0n) is 11.4. The molecule has 1 atom stereocenters. The van der Waals surface area contributed by atoms with E-state index >= 15 is 0 Å². The quantitative estimate of drug-likeness (QED) is 0.733. The largest absolute Gasteiger partial charge is 0.384 e. The van der Waals surface area contributed by atoms with Gasteiger partial charge in [0.15, 0.2) is 0 Å². The number of halogens is 1. The predicted octanol–water partition coefficient (Wildman–Crippen LogP) is 0.622. The van der Waals surface area contributed by atoms with Crippen LogP contribution in [0.5, 0.6) is 0 Å². The van der Waals surface area contributed by atoms with Gasteiger partial charge in [-0.15, -0.1) is 0 Å². The number of ether oxygens (including phenoxy) is 1. The van der Waals surface area contributed by atoms with Crippen LogP contribution < -0.4 is 11.1 Å². The molecule has 1 aromatic carbocycles. The summed E-state index contributed by atoms with van der Waals surface area (Å²) in [6.07, 6.45) is 0.596. The van der Waals surface area contributed by atoms with Crippen molar-refractivity contribution in [3.05, 3.63) is 35.6 Å². The predicted molar refractivity (Wildman–Crippen MR) is 72.3 cm³/mol. The van der Waals surface area contributed by atoms with Gasteiger partial charge in [0.25, 0.3) is 0 Å². The van der Waals surface area contributed by atoms with Crippen LogP contribution in [0.3, 0.4) is 0 Å². The number of primary amides is 1. The number of hydrogen-bond acceptors (Lipinski definition) is 3. The number of hydrogen-bond donors (Lipinski definition) is 2. The van der Waals surface area contributed by atoms with E-state index in [1.165, 1.54) is 19.2 Å². The van der Waals surface area contributed by atoms with Crippen LogP contribution in [-0.2, 0) is 20.7 Å². The summed E-state index contributed by atoms with van der Waals surface area (Å²) in [5, 5.41) is 2.64. The van der Waals surface area contributed by atoms with Crippen LogP contribution >= 0.6 is 0 Å². The van der Waals surface area contributed by atoms with Gasteiger partial charge >= 0.3 is 0 Å². The zero-order valence-corrected chi connectivity index (χ0v) is 11.4. The molecule has 0 aliphatic rings. The van der Waals surface area contributed by atoms with Gasteiger partial charge in [0.05, 0.1) is 12.5 Å². The minimum atomic E-state index is -0.521. The highest BCUT2D eigenvalue weighted by Crippen LogP contribution is 2.09. The van der Waals surface area contributed by atoms with Gasteiger partial charge in [-0.25, -0.2) is 4.39 Å². The van der Waals surface area contributed by atoms with Crippen molar-refractivity contribution < 1.29 is 18.7 Å². The number of carbonyl (C=O) groups is 2. The average Bonchev–Trinajstić information content (AvgIpc) is 2.42. The van der Waals surface area contributed by atoms with Gasteiger partial charge < -0.3 is 15.8 Å². The van der Waals surface area contributed by atoms with Crippen LogP contribution in [0.25, 0.3) is 0 Å². The van der Waals surface area contributed by atoms with Crippen molar-refractivity contribution in [2.45, 2.75) is 12.8 Å². The third kappa shape index (κ3) is 5.79. The molecule has 0 saturated carbocycles. The van der Waals surface area contributed by atoms with Crippen molar-refractivity contribution in [3.63, 3.8) is 0 Å². The molecule has 0 aromatic heterocycles. The molecule has 110 valence electrons. The Balaban J connectivity index is 2.50. The molecule has 1 unspecified atom stereocenters. The summed E-state index contributed by atoms with van der Waals surface area (Å²) in [4.78, 5) is 22.8. The number of benzene rings is 1. The molecule has 3 N–H and O–H groups in total. The SMILES string of the molecule is COCCC(=O)NCC(Cc1ccc(F)cc1)C(N)=O. The van der Waals surface area contributed by atoms with E-state index < -0.39 is 11.8 Å². The number of nitrogens with one attached hydrogen (secondary N) is 1. The van der Waals surface area contributed by atoms with Gasteiger partial charge in [0, 0.05) is 20.1 Å². The Morgan fingerprint density at radius 3 is 2.55 bits per heavy atom. The first-order valence-corrected chi connectivity index (χ1v) is 6.32. The summed E-state index contributed by atoms with van der Waals surface area (Å²) in [5.41, 5.74) is 6.10. The molecule has 0 spiro atoms. The second kappa shape index (κ2) is 8.27. The van der Waals surface area contributed by atoms with Gasteiger partial charge in [-0.05, 0) is 24.1 Å². The second-order valence-electron chi connectivity index (χ2n) is 4.48. The summed E-state index contributed by atoms with van der Waals surface area (Å²) < 4.78 is 17.6. The first-order valence-electron chi connectivity index (χ1n) is 6.32. The highest BCUT2D eigenvalue weighted by Gasteiger charge is 2.17. The topological polar surface area (TPSA) is 81.4 Å². The Labute approximate surface area is 117 Å². The Hall–Kier alpha value is -1.95. The first kappa shape index (κ1) is 16.1. The van der Waals surface area contributed by atoms with Gasteiger partial charge in [-0.2, -0.15) is 0 Å². The van der Waals surface area contributed by atoms with E-state index in [4.69, 9.17) is 10.5 Å². The normalized spacial score (nSPS) is 11.9.